The molecule has 140 valence electrons. The van der Waals surface area contributed by atoms with Crippen LogP contribution in [0.3, 0.4) is 0 Å². The number of fused-ring (bicyclic) bond motifs is 1. The molecule has 0 aliphatic carbocycles. The van der Waals surface area contributed by atoms with Gasteiger partial charge in [-0.25, -0.2) is 4.98 Å². The van der Waals surface area contributed by atoms with Crippen molar-refractivity contribution >= 4 is 17.2 Å². The van der Waals surface area contributed by atoms with Gasteiger partial charge >= 0.3 is 0 Å². The standard InChI is InChI=1S/C21H23N3O3/c1-14(2)10-20(25)23-17-6-4-5-7-18(17)27-13-16-11-21(26)24-12-15(3)8-9-19(24)22-16/h4-9,11-12,14H,10,13H2,1-3H3,(H,23,25). The molecule has 6 nitrogen and oxygen atoms in total. The van der Waals surface area contributed by atoms with Gasteiger partial charge in [0.25, 0.3) is 5.56 Å². The number of nitrogens with zero attached hydrogens (tertiary/aromatic N) is 2. The van der Waals surface area contributed by atoms with E-state index in [0.717, 1.165) is 5.56 Å². The molecule has 27 heavy (non-hydrogen) atoms. The zero-order valence-corrected chi connectivity index (χ0v) is 15.7. The highest BCUT2D eigenvalue weighted by atomic mass is 16.5. The molecule has 2 heterocycles. The number of carbonyl (C=O) groups is 1. The van der Waals surface area contributed by atoms with Crippen molar-refractivity contribution in [1.82, 2.24) is 9.38 Å². The molecule has 1 aromatic carbocycles. The first kappa shape index (κ1) is 18.6. The van der Waals surface area contributed by atoms with Crippen LogP contribution >= 0.6 is 0 Å². The third kappa shape index (κ3) is 4.73. The highest BCUT2D eigenvalue weighted by Crippen LogP contribution is 2.25. The lowest BCUT2D eigenvalue weighted by Crippen LogP contribution is -2.17. The maximum Gasteiger partial charge on any atom is 0.258 e. The van der Waals surface area contributed by atoms with Crippen LogP contribution in [-0.4, -0.2) is 15.3 Å². The van der Waals surface area contributed by atoms with Crippen molar-refractivity contribution in [3.05, 3.63) is 70.3 Å². The predicted molar refractivity (Wildman–Crippen MR) is 105 cm³/mol. The highest BCUT2D eigenvalue weighted by molar-refractivity contribution is 5.92. The van der Waals surface area contributed by atoms with Crippen molar-refractivity contribution in [2.45, 2.75) is 33.8 Å². The molecule has 0 radical (unpaired) electrons. The van der Waals surface area contributed by atoms with E-state index in [1.165, 1.54) is 10.5 Å². The van der Waals surface area contributed by atoms with Crippen LogP contribution in [0.15, 0.2) is 53.5 Å². The SMILES string of the molecule is Cc1ccc2nc(COc3ccccc3NC(=O)CC(C)C)cc(=O)n2c1. The molecule has 3 rings (SSSR count). The lowest BCUT2D eigenvalue weighted by atomic mass is 10.1. The molecule has 0 aliphatic rings. The molecule has 1 N–H and O–H groups in total. The van der Waals surface area contributed by atoms with Gasteiger partial charge in [0.05, 0.1) is 11.4 Å². The van der Waals surface area contributed by atoms with Crippen LogP contribution < -0.4 is 15.6 Å². The van der Waals surface area contributed by atoms with Crippen molar-refractivity contribution in [2.24, 2.45) is 5.92 Å². The molecule has 0 unspecified atom stereocenters. The summed E-state index contributed by atoms with van der Waals surface area (Å²) in [6.07, 6.45) is 2.20. The Morgan fingerprint density at radius 2 is 2.00 bits per heavy atom. The normalized spacial score (nSPS) is 11.0. The summed E-state index contributed by atoms with van der Waals surface area (Å²) in [4.78, 5) is 28.8. The maximum absolute atomic E-state index is 12.3. The molecule has 2 aromatic heterocycles. The minimum absolute atomic E-state index is 0.0569. The van der Waals surface area contributed by atoms with Gasteiger partial charge in [0.2, 0.25) is 5.91 Å². The van der Waals surface area contributed by atoms with Gasteiger partial charge in [-0.05, 0) is 36.6 Å². The van der Waals surface area contributed by atoms with E-state index >= 15 is 0 Å². The zero-order chi connectivity index (χ0) is 19.4. The number of pyridine rings is 1. The van der Waals surface area contributed by atoms with Crippen LogP contribution in [0.2, 0.25) is 0 Å². The van der Waals surface area contributed by atoms with Crippen molar-refractivity contribution in [3.8, 4) is 5.75 Å². The summed E-state index contributed by atoms with van der Waals surface area (Å²) in [5, 5.41) is 2.88. The lowest BCUT2D eigenvalue weighted by Gasteiger charge is -2.13. The number of hydrogen-bond acceptors (Lipinski definition) is 4. The largest absolute Gasteiger partial charge is 0.485 e. The van der Waals surface area contributed by atoms with Gasteiger partial charge in [-0.1, -0.05) is 32.0 Å². The van der Waals surface area contributed by atoms with Crippen LogP contribution in [0.25, 0.3) is 5.65 Å². The molecule has 0 atom stereocenters. The number of anilines is 1. The number of rotatable bonds is 6. The summed E-state index contributed by atoms with van der Waals surface area (Å²) in [5.74, 6) is 0.760. The first-order chi connectivity index (χ1) is 12.9. The first-order valence-electron chi connectivity index (χ1n) is 8.93. The molecule has 6 heteroatoms. The Hall–Kier alpha value is -3.15. The summed E-state index contributed by atoms with van der Waals surface area (Å²) in [5.41, 5.74) is 2.55. The number of aromatic nitrogens is 2. The van der Waals surface area contributed by atoms with E-state index in [9.17, 15) is 9.59 Å². The Labute approximate surface area is 157 Å². The Balaban J connectivity index is 1.77. The summed E-state index contributed by atoms with van der Waals surface area (Å²) < 4.78 is 7.34. The van der Waals surface area contributed by atoms with E-state index in [2.05, 4.69) is 10.3 Å². The topological polar surface area (TPSA) is 72.7 Å². The molecule has 3 aromatic rings. The molecule has 0 bridgehead atoms. The monoisotopic (exact) mass is 365 g/mol. The van der Waals surface area contributed by atoms with Crippen molar-refractivity contribution in [3.63, 3.8) is 0 Å². The molecule has 0 fully saturated rings. The number of aryl methyl sites for hydroxylation is 1. The van der Waals surface area contributed by atoms with Gasteiger partial charge in [0, 0.05) is 18.7 Å². The number of hydrogen-bond donors (Lipinski definition) is 1. The van der Waals surface area contributed by atoms with Crippen molar-refractivity contribution < 1.29 is 9.53 Å². The fraction of sp³-hybridized carbons (Fsp3) is 0.286. The summed E-state index contributed by atoms with van der Waals surface area (Å²) in [7, 11) is 0. The molecule has 0 saturated heterocycles. The predicted octanol–water partition coefficient (Wildman–Crippen LogP) is 3.57. The van der Waals surface area contributed by atoms with E-state index in [1.54, 1.807) is 24.4 Å². The minimum Gasteiger partial charge on any atom is -0.485 e. The second-order valence-electron chi connectivity index (χ2n) is 6.95. The van der Waals surface area contributed by atoms with E-state index in [4.69, 9.17) is 4.74 Å². The Morgan fingerprint density at radius 3 is 2.78 bits per heavy atom. The maximum atomic E-state index is 12.3. The quantitative estimate of drug-likeness (QED) is 0.725. The van der Waals surface area contributed by atoms with Crippen molar-refractivity contribution in [1.29, 1.82) is 0 Å². The van der Waals surface area contributed by atoms with Gasteiger partial charge in [-0.3, -0.25) is 14.0 Å². The van der Waals surface area contributed by atoms with Gasteiger partial charge < -0.3 is 10.1 Å². The third-order valence-corrected chi connectivity index (χ3v) is 3.99. The zero-order valence-electron chi connectivity index (χ0n) is 15.7. The number of benzene rings is 1. The van der Waals surface area contributed by atoms with Crippen LogP contribution in [0.1, 0.15) is 31.5 Å². The summed E-state index contributed by atoms with van der Waals surface area (Å²) >= 11 is 0. The summed E-state index contributed by atoms with van der Waals surface area (Å²) in [6, 6.07) is 12.4. The summed E-state index contributed by atoms with van der Waals surface area (Å²) in [6.45, 7) is 6.05. The smallest absolute Gasteiger partial charge is 0.258 e. The van der Waals surface area contributed by atoms with E-state index in [1.807, 2.05) is 39.0 Å². The van der Waals surface area contributed by atoms with E-state index in [-0.39, 0.29) is 24.0 Å². The Kier molecular flexibility index (Phi) is 5.54. The average molecular weight is 365 g/mol. The fourth-order valence-corrected chi connectivity index (χ4v) is 2.75. The second-order valence-corrected chi connectivity index (χ2v) is 6.95. The molecular weight excluding hydrogens is 342 g/mol. The molecule has 0 saturated carbocycles. The number of para-hydroxylation sites is 2. The molecular formula is C21H23N3O3. The Bertz CT molecular complexity index is 1020. The third-order valence-electron chi connectivity index (χ3n) is 3.99. The van der Waals surface area contributed by atoms with Gasteiger partial charge in [-0.15, -0.1) is 0 Å². The number of carbonyl (C=O) groups excluding carboxylic acids is 1. The Morgan fingerprint density at radius 1 is 1.22 bits per heavy atom. The highest BCUT2D eigenvalue weighted by Gasteiger charge is 2.10. The number of nitrogens with one attached hydrogen (secondary N) is 1. The van der Waals surface area contributed by atoms with E-state index < -0.39 is 0 Å². The number of amides is 1. The average Bonchev–Trinajstić information content (AvgIpc) is 2.61. The second kappa shape index (κ2) is 8.03. The van der Waals surface area contributed by atoms with Gasteiger partial charge in [0.15, 0.2) is 0 Å². The van der Waals surface area contributed by atoms with E-state index in [0.29, 0.717) is 29.2 Å². The minimum atomic E-state index is -0.152. The lowest BCUT2D eigenvalue weighted by molar-refractivity contribution is -0.116. The van der Waals surface area contributed by atoms with Gasteiger partial charge in [-0.2, -0.15) is 0 Å². The van der Waals surface area contributed by atoms with Crippen molar-refractivity contribution in [2.75, 3.05) is 5.32 Å². The van der Waals surface area contributed by atoms with Crippen LogP contribution in [0, 0.1) is 12.8 Å². The fourth-order valence-electron chi connectivity index (χ4n) is 2.75. The van der Waals surface area contributed by atoms with Crippen LogP contribution in [0.4, 0.5) is 5.69 Å². The van der Waals surface area contributed by atoms with Gasteiger partial charge in [0.1, 0.15) is 18.0 Å². The first-order valence-corrected chi connectivity index (χ1v) is 8.93. The molecule has 1 amide bonds. The van der Waals surface area contributed by atoms with Crippen LogP contribution in [-0.2, 0) is 11.4 Å². The van der Waals surface area contributed by atoms with Crippen LogP contribution in [0.5, 0.6) is 5.75 Å². The molecule has 0 aliphatic heterocycles. The number of ether oxygens (including phenoxy) is 1. The molecule has 0 spiro atoms.